The number of nitrogens with zero attached hydrogens (tertiary/aromatic N) is 2. The van der Waals surface area contributed by atoms with Crippen molar-refractivity contribution in [3.8, 4) is 0 Å². The second-order valence-electron chi connectivity index (χ2n) is 5.49. The van der Waals surface area contributed by atoms with Crippen LogP contribution in [0.5, 0.6) is 0 Å². The van der Waals surface area contributed by atoms with Gasteiger partial charge in [0.05, 0.1) is 18.3 Å². The maximum absolute atomic E-state index is 12.0. The Morgan fingerprint density at radius 1 is 1.22 bits per heavy atom. The summed E-state index contributed by atoms with van der Waals surface area (Å²) in [5, 5.41) is 9.07. The minimum absolute atomic E-state index is 0.0128. The number of carbonyl (C=O) groups excluding carboxylic acids is 1. The summed E-state index contributed by atoms with van der Waals surface area (Å²) in [6.07, 6.45) is 2.24. The van der Waals surface area contributed by atoms with Gasteiger partial charge in [-0.25, -0.2) is 0 Å². The highest BCUT2D eigenvalue weighted by Gasteiger charge is 2.07. The summed E-state index contributed by atoms with van der Waals surface area (Å²) >= 11 is 6.08. The Morgan fingerprint density at radius 2 is 2.04 bits per heavy atom. The Balaban J connectivity index is 1.58. The molecule has 0 saturated heterocycles. The van der Waals surface area contributed by atoms with E-state index >= 15 is 0 Å². The molecule has 4 nitrogen and oxygen atoms in total. The predicted molar refractivity (Wildman–Crippen MR) is 92.4 cm³/mol. The fourth-order valence-electron chi connectivity index (χ4n) is 2.56. The molecule has 0 fully saturated rings. The van der Waals surface area contributed by atoms with E-state index in [9.17, 15) is 4.79 Å². The third kappa shape index (κ3) is 3.54. The number of benzene rings is 2. The average Bonchev–Trinajstić information content (AvgIpc) is 2.97. The molecular formula is C18H18ClN3O. The van der Waals surface area contributed by atoms with E-state index in [-0.39, 0.29) is 5.91 Å². The highest BCUT2D eigenvalue weighted by atomic mass is 35.5. The minimum atomic E-state index is -0.0128. The molecule has 23 heavy (non-hydrogen) atoms. The SMILES string of the molecule is Cc1cccc2c1cnn2CCC(=O)NCc1ccccc1Cl. The third-order valence-electron chi connectivity index (χ3n) is 3.89. The van der Waals surface area contributed by atoms with Crippen LogP contribution in [0.3, 0.4) is 0 Å². The summed E-state index contributed by atoms with van der Waals surface area (Å²) in [6.45, 7) is 3.06. The maximum atomic E-state index is 12.0. The van der Waals surface area contributed by atoms with Crippen LogP contribution in [0.25, 0.3) is 10.9 Å². The molecule has 0 spiro atoms. The quantitative estimate of drug-likeness (QED) is 0.776. The van der Waals surface area contributed by atoms with Crippen LogP contribution in [0.4, 0.5) is 0 Å². The Morgan fingerprint density at radius 3 is 2.87 bits per heavy atom. The molecule has 0 aliphatic heterocycles. The molecule has 1 heterocycles. The van der Waals surface area contributed by atoms with Crippen LogP contribution in [0, 0.1) is 6.92 Å². The van der Waals surface area contributed by atoms with E-state index in [0.29, 0.717) is 24.5 Å². The number of amides is 1. The molecule has 1 aromatic heterocycles. The smallest absolute Gasteiger partial charge is 0.222 e. The van der Waals surface area contributed by atoms with Crippen LogP contribution in [-0.4, -0.2) is 15.7 Å². The van der Waals surface area contributed by atoms with Crippen molar-refractivity contribution in [3.63, 3.8) is 0 Å². The van der Waals surface area contributed by atoms with Crippen molar-refractivity contribution >= 4 is 28.4 Å². The molecule has 0 unspecified atom stereocenters. The van der Waals surface area contributed by atoms with Crippen LogP contribution in [-0.2, 0) is 17.9 Å². The molecule has 0 bridgehead atoms. The maximum Gasteiger partial charge on any atom is 0.222 e. The number of nitrogens with one attached hydrogen (secondary N) is 1. The first-order valence-corrected chi connectivity index (χ1v) is 7.94. The second-order valence-corrected chi connectivity index (χ2v) is 5.90. The molecule has 3 aromatic rings. The molecular weight excluding hydrogens is 310 g/mol. The first-order chi connectivity index (χ1) is 11.1. The Labute approximate surface area is 140 Å². The molecule has 5 heteroatoms. The zero-order valence-electron chi connectivity index (χ0n) is 12.9. The lowest BCUT2D eigenvalue weighted by Crippen LogP contribution is -2.24. The van der Waals surface area contributed by atoms with Gasteiger partial charge in [-0.1, -0.05) is 41.9 Å². The summed E-state index contributed by atoms with van der Waals surface area (Å²) in [4.78, 5) is 12.0. The monoisotopic (exact) mass is 327 g/mol. The fraction of sp³-hybridized carbons (Fsp3) is 0.222. The summed E-state index contributed by atoms with van der Waals surface area (Å²) in [5.74, 6) is -0.0128. The van der Waals surface area contributed by atoms with Gasteiger partial charge < -0.3 is 5.32 Å². The zero-order valence-corrected chi connectivity index (χ0v) is 13.7. The van der Waals surface area contributed by atoms with E-state index in [1.54, 1.807) is 0 Å². The van der Waals surface area contributed by atoms with E-state index in [2.05, 4.69) is 23.4 Å². The highest BCUT2D eigenvalue weighted by molar-refractivity contribution is 6.31. The van der Waals surface area contributed by atoms with E-state index in [0.717, 1.165) is 16.5 Å². The topological polar surface area (TPSA) is 46.9 Å². The lowest BCUT2D eigenvalue weighted by Gasteiger charge is -2.08. The zero-order chi connectivity index (χ0) is 16.2. The number of halogens is 1. The van der Waals surface area contributed by atoms with Crippen LogP contribution < -0.4 is 5.32 Å². The lowest BCUT2D eigenvalue weighted by atomic mass is 10.1. The first-order valence-electron chi connectivity index (χ1n) is 7.56. The van der Waals surface area contributed by atoms with Gasteiger partial charge in [0, 0.05) is 23.4 Å². The van der Waals surface area contributed by atoms with Crippen LogP contribution in [0.15, 0.2) is 48.7 Å². The normalized spacial score (nSPS) is 10.9. The number of hydrogen-bond donors (Lipinski definition) is 1. The highest BCUT2D eigenvalue weighted by Crippen LogP contribution is 2.18. The van der Waals surface area contributed by atoms with Crippen molar-refractivity contribution < 1.29 is 4.79 Å². The van der Waals surface area contributed by atoms with Crippen molar-refractivity contribution in [3.05, 3.63) is 64.8 Å². The Kier molecular flexibility index (Phi) is 4.63. The van der Waals surface area contributed by atoms with E-state index < -0.39 is 0 Å². The van der Waals surface area contributed by atoms with Crippen molar-refractivity contribution in [1.82, 2.24) is 15.1 Å². The number of rotatable bonds is 5. The number of carbonyl (C=O) groups is 1. The van der Waals surface area contributed by atoms with Gasteiger partial charge in [0.25, 0.3) is 0 Å². The van der Waals surface area contributed by atoms with Gasteiger partial charge in [-0.05, 0) is 30.2 Å². The summed E-state index contributed by atoms with van der Waals surface area (Å²) in [5.41, 5.74) is 3.17. The first kappa shape index (κ1) is 15.6. The van der Waals surface area contributed by atoms with Gasteiger partial charge in [-0.3, -0.25) is 9.48 Å². The van der Waals surface area contributed by atoms with Crippen molar-refractivity contribution in [1.29, 1.82) is 0 Å². The average molecular weight is 328 g/mol. The number of hydrogen-bond acceptors (Lipinski definition) is 2. The van der Waals surface area contributed by atoms with E-state index in [4.69, 9.17) is 11.6 Å². The summed E-state index contributed by atoms with van der Waals surface area (Å²) in [7, 11) is 0. The fourth-order valence-corrected chi connectivity index (χ4v) is 2.76. The summed E-state index contributed by atoms with van der Waals surface area (Å²) < 4.78 is 1.87. The Hall–Kier alpha value is -2.33. The lowest BCUT2D eigenvalue weighted by molar-refractivity contribution is -0.121. The van der Waals surface area contributed by atoms with Gasteiger partial charge in [-0.15, -0.1) is 0 Å². The van der Waals surface area contributed by atoms with Gasteiger partial charge in [0.1, 0.15) is 0 Å². The second kappa shape index (κ2) is 6.84. The van der Waals surface area contributed by atoms with Crippen LogP contribution in [0.1, 0.15) is 17.5 Å². The largest absolute Gasteiger partial charge is 0.352 e. The van der Waals surface area contributed by atoms with Gasteiger partial charge in [-0.2, -0.15) is 5.10 Å². The molecule has 2 aromatic carbocycles. The van der Waals surface area contributed by atoms with Crippen LogP contribution in [0.2, 0.25) is 5.02 Å². The van der Waals surface area contributed by atoms with Crippen molar-refractivity contribution in [2.24, 2.45) is 0 Å². The number of aromatic nitrogens is 2. The molecule has 1 N–H and O–H groups in total. The van der Waals surface area contributed by atoms with Crippen molar-refractivity contribution in [2.75, 3.05) is 0 Å². The van der Waals surface area contributed by atoms with Crippen LogP contribution >= 0.6 is 11.6 Å². The van der Waals surface area contributed by atoms with Crippen molar-refractivity contribution in [2.45, 2.75) is 26.4 Å². The van der Waals surface area contributed by atoms with E-state index in [1.165, 1.54) is 5.56 Å². The predicted octanol–water partition coefficient (Wildman–Crippen LogP) is 3.70. The molecule has 0 saturated carbocycles. The van der Waals surface area contributed by atoms with E-state index in [1.807, 2.05) is 47.3 Å². The molecule has 1 amide bonds. The van der Waals surface area contributed by atoms with Gasteiger partial charge in [0.2, 0.25) is 5.91 Å². The molecule has 0 atom stereocenters. The third-order valence-corrected chi connectivity index (χ3v) is 4.26. The molecule has 0 radical (unpaired) electrons. The Bertz CT molecular complexity index is 841. The molecule has 0 aliphatic carbocycles. The standard InChI is InChI=1S/C18H18ClN3O/c1-13-5-4-8-17-15(13)12-21-22(17)10-9-18(23)20-11-14-6-2-3-7-16(14)19/h2-8,12H,9-11H2,1H3,(H,20,23). The number of fused-ring (bicyclic) bond motifs is 1. The molecule has 0 aliphatic rings. The molecule has 3 rings (SSSR count). The summed E-state index contributed by atoms with van der Waals surface area (Å²) in [6, 6.07) is 13.6. The van der Waals surface area contributed by atoms with Gasteiger partial charge in [0.15, 0.2) is 0 Å². The molecule has 118 valence electrons. The van der Waals surface area contributed by atoms with Gasteiger partial charge >= 0.3 is 0 Å². The minimum Gasteiger partial charge on any atom is -0.352 e. The number of aryl methyl sites for hydroxylation is 2.